The van der Waals surface area contributed by atoms with Crippen molar-refractivity contribution < 1.29 is 14.0 Å². The number of nitrogens with one attached hydrogen (secondary N) is 1. The van der Waals surface area contributed by atoms with Gasteiger partial charge in [-0.1, -0.05) is 18.2 Å². The van der Waals surface area contributed by atoms with Crippen molar-refractivity contribution >= 4 is 39.1 Å². The molecular weight excluding hydrogens is 288 g/mol. The highest BCUT2D eigenvalue weighted by atomic mass is 32.1. The Morgan fingerprint density at radius 2 is 2.05 bits per heavy atom. The minimum absolute atomic E-state index is 0.133. The number of carbonyl (C=O) groups is 2. The van der Waals surface area contributed by atoms with E-state index in [0.29, 0.717) is 16.4 Å². The van der Waals surface area contributed by atoms with E-state index in [-0.39, 0.29) is 17.5 Å². The molecule has 0 saturated heterocycles. The third-order valence-corrected chi connectivity index (χ3v) is 3.89. The summed E-state index contributed by atoms with van der Waals surface area (Å²) < 4.78 is 5.58. The van der Waals surface area contributed by atoms with E-state index in [9.17, 15) is 9.59 Å². The average Bonchev–Trinajstić information content (AvgIpc) is 3.05. The first-order chi connectivity index (χ1) is 10.1. The Labute approximate surface area is 124 Å². The molecule has 21 heavy (non-hydrogen) atoms. The summed E-state index contributed by atoms with van der Waals surface area (Å²) in [5.41, 5.74) is 1.80. The van der Waals surface area contributed by atoms with Gasteiger partial charge in [-0.2, -0.15) is 0 Å². The van der Waals surface area contributed by atoms with Crippen LogP contribution in [0.15, 0.2) is 34.1 Å². The SMILES string of the molecule is CC(=O)c1csc(NC(=O)c2oc3ccccc3c2C)n1. The van der Waals surface area contributed by atoms with Crippen LogP contribution in [-0.2, 0) is 0 Å². The van der Waals surface area contributed by atoms with Crippen LogP contribution >= 0.6 is 11.3 Å². The topological polar surface area (TPSA) is 72.2 Å². The van der Waals surface area contributed by atoms with Gasteiger partial charge in [0.25, 0.3) is 5.91 Å². The Bertz CT molecular complexity index is 848. The molecule has 1 amide bonds. The molecule has 0 spiro atoms. The van der Waals surface area contributed by atoms with Gasteiger partial charge in [-0.15, -0.1) is 11.3 Å². The van der Waals surface area contributed by atoms with Gasteiger partial charge >= 0.3 is 0 Å². The summed E-state index contributed by atoms with van der Waals surface area (Å²) in [7, 11) is 0. The molecule has 106 valence electrons. The summed E-state index contributed by atoms with van der Waals surface area (Å²) in [4.78, 5) is 27.5. The molecule has 0 aliphatic carbocycles. The molecule has 2 aromatic heterocycles. The number of Topliss-reactive ketones (excluding diaryl/α,β-unsaturated/α-hetero) is 1. The highest BCUT2D eigenvalue weighted by Gasteiger charge is 2.18. The third-order valence-electron chi connectivity index (χ3n) is 3.14. The van der Waals surface area contributed by atoms with Crippen LogP contribution in [0.3, 0.4) is 0 Å². The van der Waals surface area contributed by atoms with Crippen LogP contribution in [0.2, 0.25) is 0 Å². The predicted octanol–water partition coefficient (Wildman–Crippen LogP) is 3.65. The van der Waals surface area contributed by atoms with E-state index in [0.717, 1.165) is 10.9 Å². The van der Waals surface area contributed by atoms with Crippen molar-refractivity contribution in [3.05, 3.63) is 46.7 Å². The fraction of sp³-hybridized carbons (Fsp3) is 0.133. The van der Waals surface area contributed by atoms with Crippen molar-refractivity contribution in [3.63, 3.8) is 0 Å². The quantitative estimate of drug-likeness (QED) is 0.749. The summed E-state index contributed by atoms with van der Waals surface area (Å²) in [6.45, 7) is 3.27. The fourth-order valence-corrected chi connectivity index (χ4v) is 2.78. The number of amides is 1. The standard InChI is InChI=1S/C15H12N2O3S/c1-8-10-5-3-4-6-12(10)20-13(8)14(19)17-15-16-11(7-21-15)9(2)18/h3-7H,1-2H3,(H,16,17,19). The molecule has 0 aliphatic heterocycles. The zero-order valence-corrected chi connectivity index (χ0v) is 12.3. The lowest BCUT2D eigenvalue weighted by atomic mass is 10.1. The van der Waals surface area contributed by atoms with Gasteiger partial charge < -0.3 is 4.42 Å². The summed E-state index contributed by atoms with van der Waals surface area (Å²) in [6, 6.07) is 7.47. The van der Waals surface area contributed by atoms with Gasteiger partial charge in [-0.25, -0.2) is 4.98 Å². The molecule has 6 heteroatoms. The van der Waals surface area contributed by atoms with Crippen LogP contribution in [0.1, 0.15) is 33.5 Å². The first kappa shape index (κ1) is 13.5. The maximum absolute atomic E-state index is 12.3. The summed E-state index contributed by atoms with van der Waals surface area (Å²) in [5.74, 6) is -0.240. The molecule has 0 unspecified atom stereocenters. The molecule has 1 aromatic carbocycles. The fourth-order valence-electron chi connectivity index (χ4n) is 2.04. The number of para-hydroxylation sites is 1. The first-order valence-electron chi connectivity index (χ1n) is 6.32. The normalized spacial score (nSPS) is 10.8. The van der Waals surface area contributed by atoms with E-state index in [2.05, 4.69) is 10.3 Å². The predicted molar refractivity (Wildman–Crippen MR) is 81.0 cm³/mol. The van der Waals surface area contributed by atoms with Crippen molar-refractivity contribution in [2.75, 3.05) is 5.32 Å². The molecule has 2 heterocycles. The highest BCUT2D eigenvalue weighted by Crippen LogP contribution is 2.26. The second-order valence-corrected chi connectivity index (χ2v) is 5.46. The van der Waals surface area contributed by atoms with Crippen LogP contribution in [0.4, 0.5) is 5.13 Å². The van der Waals surface area contributed by atoms with Crippen LogP contribution in [0, 0.1) is 6.92 Å². The Balaban J connectivity index is 1.89. The van der Waals surface area contributed by atoms with Crippen molar-refractivity contribution in [3.8, 4) is 0 Å². The minimum atomic E-state index is -0.367. The zero-order valence-electron chi connectivity index (χ0n) is 11.5. The van der Waals surface area contributed by atoms with E-state index in [1.807, 2.05) is 31.2 Å². The van der Waals surface area contributed by atoms with Gasteiger partial charge in [-0.3, -0.25) is 14.9 Å². The van der Waals surface area contributed by atoms with Crippen LogP contribution in [0.25, 0.3) is 11.0 Å². The molecule has 0 radical (unpaired) electrons. The molecule has 0 aliphatic rings. The molecular formula is C15H12N2O3S. The van der Waals surface area contributed by atoms with Crippen LogP contribution in [-0.4, -0.2) is 16.7 Å². The van der Waals surface area contributed by atoms with E-state index < -0.39 is 0 Å². The Kier molecular flexibility index (Phi) is 3.31. The van der Waals surface area contributed by atoms with Crippen molar-refractivity contribution in [1.29, 1.82) is 0 Å². The number of carbonyl (C=O) groups excluding carboxylic acids is 2. The van der Waals surface area contributed by atoms with E-state index in [1.54, 1.807) is 5.38 Å². The summed E-state index contributed by atoms with van der Waals surface area (Å²) in [5, 5.41) is 5.56. The Morgan fingerprint density at radius 1 is 1.29 bits per heavy atom. The number of nitrogens with zero attached hydrogens (tertiary/aromatic N) is 1. The number of benzene rings is 1. The van der Waals surface area contributed by atoms with Crippen molar-refractivity contribution in [1.82, 2.24) is 4.98 Å². The van der Waals surface area contributed by atoms with Gasteiger partial charge in [0.15, 0.2) is 16.7 Å². The average molecular weight is 300 g/mol. The van der Waals surface area contributed by atoms with Gasteiger partial charge in [0.2, 0.25) is 0 Å². The Morgan fingerprint density at radius 3 is 2.71 bits per heavy atom. The summed E-state index contributed by atoms with van der Waals surface area (Å²) in [6.07, 6.45) is 0. The van der Waals surface area contributed by atoms with Gasteiger partial charge in [0.1, 0.15) is 11.3 Å². The molecule has 5 nitrogen and oxygen atoms in total. The maximum atomic E-state index is 12.3. The summed E-state index contributed by atoms with van der Waals surface area (Å²) >= 11 is 1.21. The number of hydrogen-bond acceptors (Lipinski definition) is 5. The highest BCUT2D eigenvalue weighted by molar-refractivity contribution is 7.14. The minimum Gasteiger partial charge on any atom is -0.451 e. The second kappa shape index (κ2) is 5.14. The van der Waals surface area contributed by atoms with Crippen LogP contribution < -0.4 is 5.32 Å². The lowest BCUT2D eigenvalue weighted by Crippen LogP contribution is -2.12. The van der Waals surface area contributed by atoms with Gasteiger partial charge in [0.05, 0.1) is 0 Å². The number of rotatable bonds is 3. The largest absolute Gasteiger partial charge is 0.451 e. The number of anilines is 1. The smallest absolute Gasteiger partial charge is 0.293 e. The molecule has 1 N–H and O–H groups in total. The van der Waals surface area contributed by atoms with Crippen molar-refractivity contribution in [2.45, 2.75) is 13.8 Å². The third kappa shape index (κ3) is 2.45. The number of hydrogen-bond donors (Lipinski definition) is 1. The number of aromatic nitrogens is 1. The molecule has 0 atom stereocenters. The van der Waals surface area contributed by atoms with E-state index in [1.165, 1.54) is 18.3 Å². The number of furan rings is 1. The molecule has 0 saturated carbocycles. The van der Waals surface area contributed by atoms with Gasteiger partial charge in [-0.05, 0) is 13.0 Å². The monoisotopic (exact) mass is 300 g/mol. The van der Waals surface area contributed by atoms with Crippen LogP contribution in [0.5, 0.6) is 0 Å². The number of aryl methyl sites for hydroxylation is 1. The number of fused-ring (bicyclic) bond motifs is 1. The molecule has 0 bridgehead atoms. The van der Waals surface area contributed by atoms with E-state index >= 15 is 0 Å². The lowest BCUT2D eigenvalue weighted by Gasteiger charge is -1.99. The number of ketones is 1. The zero-order chi connectivity index (χ0) is 15.0. The maximum Gasteiger partial charge on any atom is 0.293 e. The van der Waals surface area contributed by atoms with Gasteiger partial charge in [0, 0.05) is 23.3 Å². The molecule has 3 aromatic rings. The Hall–Kier alpha value is -2.47. The number of thiazole rings is 1. The van der Waals surface area contributed by atoms with Crippen molar-refractivity contribution in [2.24, 2.45) is 0 Å². The first-order valence-corrected chi connectivity index (χ1v) is 7.20. The molecule has 0 fully saturated rings. The molecule has 3 rings (SSSR count). The second-order valence-electron chi connectivity index (χ2n) is 4.60. The van der Waals surface area contributed by atoms with E-state index in [4.69, 9.17) is 4.42 Å². The lowest BCUT2D eigenvalue weighted by molar-refractivity contribution is 0.0991.